The summed E-state index contributed by atoms with van der Waals surface area (Å²) in [4.78, 5) is 1.97. The lowest BCUT2D eigenvalue weighted by Crippen LogP contribution is -2.53. The van der Waals surface area contributed by atoms with Crippen molar-refractivity contribution in [1.82, 2.24) is 4.90 Å². The molecule has 2 aromatic carbocycles. The number of halogens is 3. The fraction of sp³-hybridized carbons (Fsp3) is 0.412. The SMILES string of the molecule is OC1(C(F)(F)F)CCN(Cc2cccc3ccccc23)CC1. The van der Waals surface area contributed by atoms with E-state index in [0.29, 0.717) is 6.54 Å². The van der Waals surface area contributed by atoms with Crippen LogP contribution in [0.5, 0.6) is 0 Å². The number of fused-ring (bicyclic) bond motifs is 1. The summed E-state index contributed by atoms with van der Waals surface area (Å²) in [5.41, 5.74) is -1.42. The largest absolute Gasteiger partial charge is 0.417 e. The number of piperidine rings is 1. The van der Waals surface area contributed by atoms with Crippen LogP contribution in [0.25, 0.3) is 10.8 Å². The van der Waals surface area contributed by atoms with Gasteiger partial charge in [0.25, 0.3) is 0 Å². The summed E-state index contributed by atoms with van der Waals surface area (Å²) < 4.78 is 38.5. The number of benzene rings is 2. The van der Waals surface area contributed by atoms with Crippen molar-refractivity contribution in [2.45, 2.75) is 31.2 Å². The predicted molar refractivity (Wildman–Crippen MR) is 79.5 cm³/mol. The van der Waals surface area contributed by atoms with Gasteiger partial charge in [0.05, 0.1) is 0 Å². The second kappa shape index (κ2) is 5.56. The molecule has 1 saturated heterocycles. The fourth-order valence-electron chi connectivity index (χ4n) is 3.04. The van der Waals surface area contributed by atoms with Gasteiger partial charge in [0.2, 0.25) is 0 Å². The van der Waals surface area contributed by atoms with E-state index in [0.717, 1.165) is 16.3 Å². The molecule has 1 aliphatic rings. The second-order valence-corrected chi connectivity index (χ2v) is 5.94. The third kappa shape index (κ3) is 2.83. The van der Waals surface area contributed by atoms with Crippen molar-refractivity contribution in [2.24, 2.45) is 0 Å². The van der Waals surface area contributed by atoms with E-state index < -0.39 is 11.8 Å². The molecule has 3 rings (SSSR count). The van der Waals surface area contributed by atoms with Gasteiger partial charge in [0.15, 0.2) is 5.60 Å². The summed E-state index contributed by atoms with van der Waals surface area (Å²) in [6, 6.07) is 14.0. The molecule has 0 bridgehead atoms. The Morgan fingerprint density at radius 2 is 1.64 bits per heavy atom. The highest BCUT2D eigenvalue weighted by Gasteiger charge is 2.54. The zero-order valence-electron chi connectivity index (χ0n) is 12.1. The van der Waals surface area contributed by atoms with E-state index in [1.54, 1.807) is 0 Å². The van der Waals surface area contributed by atoms with Crippen molar-refractivity contribution in [2.75, 3.05) is 13.1 Å². The molecule has 0 aliphatic carbocycles. The van der Waals surface area contributed by atoms with Crippen molar-refractivity contribution < 1.29 is 18.3 Å². The highest BCUT2D eigenvalue weighted by molar-refractivity contribution is 5.85. The molecule has 0 radical (unpaired) electrons. The number of nitrogens with zero attached hydrogens (tertiary/aromatic N) is 1. The maximum absolute atomic E-state index is 12.8. The van der Waals surface area contributed by atoms with E-state index in [1.807, 2.05) is 47.4 Å². The molecule has 1 N–H and O–H groups in total. The van der Waals surface area contributed by atoms with E-state index >= 15 is 0 Å². The van der Waals surface area contributed by atoms with E-state index in [1.165, 1.54) is 0 Å². The first-order chi connectivity index (χ1) is 10.4. The Morgan fingerprint density at radius 1 is 1.00 bits per heavy atom. The molecule has 1 fully saturated rings. The first-order valence-electron chi connectivity index (χ1n) is 7.37. The van der Waals surface area contributed by atoms with Crippen molar-refractivity contribution in [3.63, 3.8) is 0 Å². The molecule has 22 heavy (non-hydrogen) atoms. The van der Waals surface area contributed by atoms with Gasteiger partial charge in [0, 0.05) is 19.6 Å². The lowest BCUT2D eigenvalue weighted by Gasteiger charge is -2.39. The smallest absolute Gasteiger partial charge is 0.380 e. The van der Waals surface area contributed by atoms with Crippen LogP contribution in [0.4, 0.5) is 13.2 Å². The van der Waals surface area contributed by atoms with E-state index in [2.05, 4.69) is 0 Å². The molecular formula is C17H18F3NO. The van der Waals surface area contributed by atoms with Gasteiger partial charge in [0.1, 0.15) is 0 Å². The van der Waals surface area contributed by atoms with Crippen molar-refractivity contribution in [3.05, 3.63) is 48.0 Å². The minimum atomic E-state index is -4.54. The molecule has 0 saturated carbocycles. The van der Waals surface area contributed by atoms with Crippen LogP contribution in [-0.2, 0) is 6.54 Å². The van der Waals surface area contributed by atoms with Crippen LogP contribution < -0.4 is 0 Å². The molecule has 0 amide bonds. The Hall–Kier alpha value is -1.59. The van der Waals surface area contributed by atoms with E-state index in [-0.39, 0.29) is 25.9 Å². The minimum Gasteiger partial charge on any atom is -0.380 e. The lowest BCUT2D eigenvalue weighted by atomic mass is 9.90. The van der Waals surface area contributed by atoms with Gasteiger partial charge in [-0.15, -0.1) is 0 Å². The Kier molecular flexibility index (Phi) is 3.87. The van der Waals surface area contributed by atoms with Crippen LogP contribution >= 0.6 is 0 Å². The van der Waals surface area contributed by atoms with Gasteiger partial charge in [-0.1, -0.05) is 42.5 Å². The molecule has 0 unspecified atom stereocenters. The van der Waals surface area contributed by atoms with Crippen LogP contribution in [-0.4, -0.2) is 34.9 Å². The molecule has 2 nitrogen and oxygen atoms in total. The Bertz CT molecular complexity index is 655. The van der Waals surface area contributed by atoms with Crippen LogP contribution in [0.3, 0.4) is 0 Å². The zero-order chi connectivity index (χ0) is 15.8. The summed E-state index contributed by atoms with van der Waals surface area (Å²) in [5.74, 6) is 0. The maximum Gasteiger partial charge on any atom is 0.417 e. The Balaban J connectivity index is 1.73. The summed E-state index contributed by atoms with van der Waals surface area (Å²) in [7, 11) is 0. The molecule has 1 aliphatic heterocycles. The van der Waals surface area contributed by atoms with Crippen molar-refractivity contribution in [1.29, 1.82) is 0 Å². The third-order valence-corrected chi connectivity index (χ3v) is 4.48. The van der Waals surface area contributed by atoms with Gasteiger partial charge < -0.3 is 5.11 Å². The standard InChI is InChI=1S/C17H18F3NO/c18-17(19,20)16(22)8-10-21(11-9-16)12-14-6-3-5-13-4-1-2-7-15(13)14/h1-7,22H,8-12H2. The summed E-state index contributed by atoms with van der Waals surface area (Å²) in [6.45, 7) is 1.10. The first-order valence-corrected chi connectivity index (χ1v) is 7.37. The molecule has 1 heterocycles. The fourth-order valence-corrected chi connectivity index (χ4v) is 3.04. The topological polar surface area (TPSA) is 23.5 Å². The van der Waals surface area contributed by atoms with Crippen molar-refractivity contribution in [3.8, 4) is 0 Å². The average Bonchev–Trinajstić information content (AvgIpc) is 2.49. The second-order valence-electron chi connectivity index (χ2n) is 5.94. The first kappa shape index (κ1) is 15.3. The van der Waals surface area contributed by atoms with Gasteiger partial charge >= 0.3 is 6.18 Å². The minimum absolute atomic E-state index is 0.249. The molecule has 118 valence electrons. The Morgan fingerprint density at radius 3 is 2.32 bits per heavy atom. The number of aliphatic hydroxyl groups is 1. The van der Waals surface area contributed by atoms with E-state index in [9.17, 15) is 18.3 Å². The molecular weight excluding hydrogens is 291 g/mol. The van der Waals surface area contributed by atoms with Crippen molar-refractivity contribution >= 4 is 10.8 Å². The highest BCUT2D eigenvalue weighted by Crippen LogP contribution is 2.38. The third-order valence-electron chi connectivity index (χ3n) is 4.48. The Labute approximate surface area is 127 Å². The van der Waals surface area contributed by atoms with Crippen LogP contribution in [0.1, 0.15) is 18.4 Å². The molecule has 0 aromatic heterocycles. The number of likely N-dealkylation sites (tertiary alicyclic amines) is 1. The summed E-state index contributed by atoms with van der Waals surface area (Å²) >= 11 is 0. The van der Waals surface area contributed by atoms with Gasteiger partial charge in [-0.25, -0.2) is 0 Å². The summed E-state index contributed by atoms with van der Waals surface area (Å²) in [6.07, 6.45) is -5.07. The highest BCUT2D eigenvalue weighted by atomic mass is 19.4. The molecule has 2 aromatic rings. The number of rotatable bonds is 2. The molecule has 0 atom stereocenters. The zero-order valence-corrected chi connectivity index (χ0v) is 12.1. The summed E-state index contributed by atoms with van der Waals surface area (Å²) in [5, 5.41) is 12.0. The molecule has 0 spiro atoms. The van der Waals surface area contributed by atoms with Crippen LogP contribution in [0, 0.1) is 0 Å². The number of hydrogen-bond donors (Lipinski definition) is 1. The van der Waals surface area contributed by atoms with Crippen LogP contribution in [0.15, 0.2) is 42.5 Å². The number of alkyl halides is 3. The average molecular weight is 309 g/mol. The predicted octanol–water partition coefficient (Wildman–Crippen LogP) is 3.73. The lowest BCUT2D eigenvalue weighted by molar-refractivity contribution is -0.272. The van der Waals surface area contributed by atoms with Gasteiger partial charge in [-0.3, -0.25) is 4.90 Å². The van der Waals surface area contributed by atoms with Gasteiger partial charge in [-0.05, 0) is 29.2 Å². The normalized spacial score (nSPS) is 19.5. The maximum atomic E-state index is 12.8. The number of hydrogen-bond acceptors (Lipinski definition) is 2. The molecule has 5 heteroatoms. The van der Waals surface area contributed by atoms with E-state index in [4.69, 9.17) is 0 Å². The van der Waals surface area contributed by atoms with Gasteiger partial charge in [-0.2, -0.15) is 13.2 Å². The van der Waals surface area contributed by atoms with Crippen LogP contribution in [0.2, 0.25) is 0 Å². The quantitative estimate of drug-likeness (QED) is 0.914. The monoisotopic (exact) mass is 309 g/mol.